The van der Waals surface area contributed by atoms with E-state index in [-0.39, 0.29) is 50.6 Å². The Morgan fingerprint density at radius 2 is 1.84 bits per heavy atom. The van der Waals surface area contributed by atoms with Crippen LogP contribution in [0.5, 0.6) is 17.2 Å². The maximum Gasteiger partial charge on any atom is 0.252 e. The number of sulfone groups is 1. The van der Waals surface area contributed by atoms with E-state index in [0.29, 0.717) is 25.1 Å². The Hall–Kier alpha value is -1.96. The molecule has 0 bridgehead atoms. The van der Waals surface area contributed by atoms with Crippen molar-refractivity contribution in [1.82, 2.24) is 5.32 Å². The van der Waals surface area contributed by atoms with E-state index in [2.05, 4.69) is 5.32 Å². The van der Waals surface area contributed by atoms with Gasteiger partial charge in [0.2, 0.25) is 0 Å². The van der Waals surface area contributed by atoms with Gasteiger partial charge in [-0.2, -0.15) is 0 Å². The smallest absolute Gasteiger partial charge is 0.252 e. The molecule has 1 saturated heterocycles. The van der Waals surface area contributed by atoms with Crippen LogP contribution < -0.4 is 14.8 Å². The highest BCUT2D eigenvalue weighted by molar-refractivity contribution is 7.91. The van der Waals surface area contributed by atoms with E-state index in [1.54, 1.807) is 25.3 Å². The van der Waals surface area contributed by atoms with Crippen molar-refractivity contribution in [2.45, 2.75) is 32.6 Å². The fourth-order valence-electron chi connectivity index (χ4n) is 3.62. The number of halogens is 2. The largest absolute Gasteiger partial charge is 0.496 e. The van der Waals surface area contributed by atoms with Gasteiger partial charge in [-0.15, -0.1) is 0 Å². The molecule has 0 spiro atoms. The third-order valence-corrected chi connectivity index (χ3v) is 7.95. The van der Waals surface area contributed by atoms with E-state index in [0.717, 1.165) is 11.3 Å². The molecule has 0 radical (unpaired) electrons. The minimum absolute atomic E-state index is 0.114. The molecule has 0 aromatic heterocycles. The number of rotatable bonds is 7. The van der Waals surface area contributed by atoms with Gasteiger partial charge in [-0.3, -0.25) is 4.79 Å². The van der Waals surface area contributed by atoms with Gasteiger partial charge in [0.25, 0.3) is 5.91 Å². The fourth-order valence-corrected chi connectivity index (χ4v) is 5.74. The Labute approximate surface area is 199 Å². The van der Waals surface area contributed by atoms with E-state index in [1.165, 1.54) is 0 Å². The lowest BCUT2D eigenvalue weighted by molar-refractivity contribution is 0.0946. The topological polar surface area (TPSA) is 81.7 Å². The molecule has 0 saturated carbocycles. The summed E-state index contributed by atoms with van der Waals surface area (Å²) >= 11 is 12.8. The van der Waals surface area contributed by atoms with Gasteiger partial charge in [-0.25, -0.2) is 8.42 Å². The van der Waals surface area contributed by atoms with Crippen molar-refractivity contribution in [3.8, 4) is 17.2 Å². The molecule has 9 heteroatoms. The van der Waals surface area contributed by atoms with Crippen molar-refractivity contribution in [2.75, 3.05) is 25.2 Å². The first-order valence-electron chi connectivity index (χ1n) is 10.4. The van der Waals surface area contributed by atoms with Crippen molar-refractivity contribution in [2.24, 2.45) is 5.92 Å². The molecular formula is C23H27Cl2NO5S. The third kappa shape index (κ3) is 5.88. The summed E-state index contributed by atoms with van der Waals surface area (Å²) in [6.07, 6.45) is 1.09. The van der Waals surface area contributed by atoms with E-state index >= 15 is 0 Å². The highest BCUT2D eigenvalue weighted by atomic mass is 35.5. The average Bonchev–Trinajstić information content (AvgIpc) is 2.75. The second-order valence-electron chi connectivity index (χ2n) is 8.20. The highest BCUT2D eigenvalue weighted by Crippen LogP contribution is 2.40. The van der Waals surface area contributed by atoms with Gasteiger partial charge in [0.15, 0.2) is 5.75 Å². The summed E-state index contributed by atoms with van der Waals surface area (Å²) in [6.45, 7) is 4.49. The van der Waals surface area contributed by atoms with Gasteiger partial charge in [0.1, 0.15) is 21.3 Å². The Kier molecular flexibility index (Phi) is 7.96. The molecule has 1 aliphatic rings. The van der Waals surface area contributed by atoms with Crippen LogP contribution in [0, 0.1) is 5.92 Å². The molecule has 174 valence electrons. The Morgan fingerprint density at radius 1 is 1.16 bits per heavy atom. The lowest BCUT2D eigenvalue weighted by atomic mass is 10.0. The summed E-state index contributed by atoms with van der Waals surface area (Å²) in [5.41, 5.74) is 1.22. The van der Waals surface area contributed by atoms with Crippen LogP contribution in [-0.2, 0) is 9.84 Å². The molecular weight excluding hydrogens is 473 g/mol. The summed E-state index contributed by atoms with van der Waals surface area (Å²) in [5.74, 6) is 1.78. The molecule has 1 amide bonds. The SMILES string of the molecule is COc1ccc(Oc2c(Cl)ccc(C(=O)NCC3CCS(=O)(=O)CC3)c2Cl)cc1C(C)C. The van der Waals surface area contributed by atoms with Crippen LogP contribution in [0.3, 0.4) is 0 Å². The first kappa shape index (κ1) is 24.7. The first-order valence-corrected chi connectivity index (χ1v) is 13.0. The molecule has 6 nitrogen and oxygen atoms in total. The summed E-state index contributed by atoms with van der Waals surface area (Å²) in [5, 5.41) is 3.25. The molecule has 1 fully saturated rings. The maximum atomic E-state index is 12.7. The molecule has 2 aromatic rings. The number of amides is 1. The third-order valence-electron chi connectivity index (χ3n) is 5.56. The first-order chi connectivity index (χ1) is 15.1. The van der Waals surface area contributed by atoms with E-state index in [1.807, 2.05) is 26.0 Å². The zero-order valence-corrected chi connectivity index (χ0v) is 20.6. The molecule has 1 aliphatic heterocycles. The summed E-state index contributed by atoms with van der Waals surface area (Å²) in [6, 6.07) is 8.54. The van der Waals surface area contributed by atoms with Crippen LogP contribution in [0.4, 0.5) is 0 Å². The number of nitrogens with one attached hydrogen (secondary N) is 1. The van der Waals surface area contributed by atoms with Gasteiger partial charge in [-0.1, -0.05) is 37.0 Å². The predicted molar refractivity (Wildman–Crippen MR) is 127 cm³/mol. The van der Waals surface area contributed by atoms with E-state index in [9.17, 15) is 13.2 Å². The van der Waals surface area contributed by atoms with Gasteiger partial charge >= 0.3 is 0 Å². The van der Waals surface area contributed by atoms with Crippen molar-refractivity contribution in [3.05, 3.63) is 51.5 Å². The summed E-state index contributed by atoms with van der Waals surface area (Å²) in [4.78, 5) is 12.7. The summed E-state index contributed by atoms with van der Waals surface area (Å²) in [7, 11) is -1.32. The lowest BCUT2D eigenvalue weighted by Crippen LogP contribution is -2.34. The van der Waals surface area contributed by atoms with Crippen molar-refractivity contribution in [3.63, 3.8) is 0 Å². The number of methoxy groups -OCH3 is 1. The minimum Gasteiger partial charge on any atom is -0.496 e. The number of benzene rings is 2. The Bertz CT molecular complexity index is 1090. The lowest BCUT2D eigenvalue weighted by Gasteiger charge is -2.22. The molecule has 1 heterocycles. The zero-order chi connectivity index (χ0) is 23.5. The molecule has 0 aliphatic carbocycles. The Balaban J connectivity index is 1.75. The highest BCUT2D eigenvalue weighted by Gasteiger charge is 2.25. The van der Waals surface area contributed by atoms with Crippen molar-refractivity contribution >= 4 is 38.9 Å². The number of carbonyl (C=O) groups excluding carboxylic acids is 1. The van der Waals surface area contributed by atoms with Gasteiger partial charge in [-0.05, 0) is 55.0 Å². The van der Waals surface area contributed by atoms with Crippen LogP contribution in [0.15, 0.2) is 30.3 Å². The maximum absolute atomic E-state index is 12.7. The predicted octanol–water partition coefficient (Wildman–Crippen LogP) is 5.47. The molecule has 32 heavy (non-hydrogen) atoms. The number of ether oxygens (including phenoxy) is 2. The van der Waals surface area contributed by atoms with Gasteiger partial charge in [0.05, 0.1) is 34.2 Å². The standard InChI is InChI=1S/C23H27Cl2NO5S/c1-14(2)18-12-16(4-7-20(18)30-3)31-22-19(24)6-5-17(21(22)25)23(27)26-13-15-8-10-32(28,29)11-9-15/h4-7,12,14-15H,8-11,13H2,1-3H3,(H,26,27). The van der Waals surface area contributed by atoms with Crippen LogP contribution in [0.25, 0.3) is 0 Å². The van der Waals surface area contributed by atoms with Crippen LogP contribution in [0.2, 0.25) is 10.0 Å². The monoisotopic (exact) mass is 499 g/mol. The van der Waals surface area contributed by atoms with E-state index in [4.69, 9.17) is 32.7 Å². The fraction of sp³-hybridized carbons (Fsp3) is 0.435. The number of carbonyl (C=O) groups is 1. The van der Waals surface area contributed by atoms with Gasteiger partial charge in [0, 0.05) is 12.1 Å². The minimum atomic E-state index is -2.94. The molecule has 0 unspecified atom stereocenters. The number of hydrogen-bond acceptors (Lipinski definition) is 5. The van der Waals surface area contributed by atoms with Gasteiger partial charge < -0.3 is 14.8 Å². The Morgan fingerprint density at radius 3 is 2.47 bits per heavy atom. The molecule has 1 N–H and O–H groups in total. The van der Waals surface area contributed by atoms with E-state index < -0.39 is 9.84 Å². The zero-order valence-electron chi connectivity index (χ0n) is 18.3. The van der Waals surface area contributed by atoms with Crippen molar-refractivity contribution in [1.29, 1.82) is 0 Å². The molecule has 0 atom stereocenters. The quantitative estimate of drug-likeness (QED) is 0.545. The molecule has 2 aromatic carbocycles. The van der Waals surface area contributed by atoms with Crippen molar-refractivity contribution < 1.29 is 22.7 Å². The van der Waals surface area contributed by atoms with Crippen LogP contribution >= 0.6 is 23.2 Å². The van der Waals surface area contributed by atoms with Crippen LogP contribution in [-0.4, -0.2) is 39.5 Å². The average molecular weight is 500 g/mol. The second kappa shape index (κ2) is 10.3. The van der Waals surface area contributed by atoms with Crippen LogP contribution in [0.1, 0.15) is 48.5 Å². The summed E-state index contributed by atoms with van der Waals surface area (Å²) < 4.78 is 34.5. The second-order valence-corrected chi connectivity index (χ2v) is 11.3. The normalized spacial score (nSPS) is 16.1. The molecule has 3 rings (SSSR count). The number of hydrogen-bond donors (Lipinski definition) is 1.